The number of nitrogens with two attached hydrogens (primary N) is 1. The van der Waals surface area contributed by atoms with E-state index in [2.05, 4.69) is 0 Å². The maximum absolute atomic E-state index is 12.9. The minimum absolute atomic E-state index is 0.652. The Kier molecular flexibility index (Phi) is 2.97. The van der Waals surface area contributed by atoms with Crippen LogP contribution in [-0.2, 0) is 0 Å². The molecule has 1 aliphatic rings. The maximum atomic E-state index is 12.9. The molecule has 0 aliphatic heterocycles. The molecular weight excluding hydrogens is 224 g/mol. The number of alkyl halides is 6. The van der Waals surface area contributed by atoms with Crippen LogP contribution in [0, 0.1) is 0 Å². The van der Waals surface area contributed by atoms with Crippen molar-refractivity contribution in [2.75, 3.05) is 0 Å². The van der Waals surface area contributed by atoms with E-state index in [9.17, 15) is 26.3 Å². The molecule has 1 nitrogen and oxygen atoms in total. The topological polar surface area (TPSA) is 26.0 Å². The van der Waals surface area contributed by atoms with Crippen LogP contribution in [0.1, 0.15) is 25.7 Å². The van der Waals surface area contributed by atoms with Crippen molar-refractivity contribution in [3.05, 3.63) is 0 Å². The lowest BCUT2D eigenvalue weighted by Crippen LogP contribution is -2.57. The zero-order chi connectivity index (χ0) is 11.9. The number of hydrogen-bond acceptors (Lipinski definition) is 1. The highest BCUT2D eigenvalue weighted by Crippen LogP contribution is 2.43. The number of rotatable bonds is 1. The minimum Gasteiger partial charge on any atom is -0.322 e. The second-order valence-corrected chi connectivity index (χ2v) is 3.99. The summed E-state index contributed by atoms with van der Waals surface area (Å²) in [6, 6.07) is 0. The van der Waals surface area contributed by atoms with Gasteiger partial charge in [0.25, 0.3) is 0 Å². The Morgan fingerprint density at radius 3 is 1.73 bits per heavy atom. The zero-order valence-corrected chi connectivity index (χ0v) is 7.75. The zero-order valence-electron chi connectivity index (χ0n) is 7.75. The van der Waals surface area contributed by atoms with Gasteiger partial charge >= 0.3 is 6.18 Å². The SMILES string of the molecule is NC1(C(F)C(F)(F)F)CCC(F)(F)CC1. The molecule has 0 aromatic carbocycles. The molecule has 0 heterocycles. The minimum atomic E-state index is -5.08. The van der Waals surface area contributed by atoms with Crippen LogP contribution >= 0.6 is 0 Å². The van der Waals surface area contributed by atoms with E-state index in [-0.39, 0.29) is 0 Å². The normalized spacial score (nSPS) is 27.4. The highest BCUT2D eigenvalue weighted by atomic mass is 19.4. The maximum Gasteiger partial charge on any atom is 0.421 e. The average Bonchev–Trinajstić information content (AvgIpc) is 2.08. The summed E-state index contributed by atoms with van der Waals surface area (Å²) >= 11 is 0. The molecule has 1 rings (SSSR count). The second-order valence-electron chi connectivity index (χ2n) is 3.99. The van der Waals surface area contributed by atoms with Crippen LogP contribution in [-0.4, -0.2) is 23.8 Å². The van der Waals surface area contributed by atoms with E-state index in [1.807, 2.05) is 0 Å². The van der Waals surface area contributed by atoms with E-state index in [1.54, 1.807) is 0 Å². The summed E-state index contributed by atoms with van der Waals surface area (Å²) in [4.78, 5) is 0. The standard InChI is InChI=1S/C8H11F6N/c9-5(8(12,13)14)6(15)1-3-7(10,11)4-2-6/h5H,1-4,15H2. The van der Waals surface area contributed by atoms with Crippen LogP contribution in [0.2, 0.25) is 0 Å². The van der Waals surface area contributed by atoms with Crippen LogP contribution < -0.4 is 5.73 Å². The van der Waals surface area contributed by atoms with Crippen molar-refractivity contribution in [2.45, 2.75) is 49.5 Å². The molecule has 0 bridgehead atoms. The van der Waals surface area contributed by atoms with Gasteiger partial charge in [0, 0.05) is 12.8 Å². The average molecular weight is 235 g/mol. The summed E-state index contributed by atoms with van der Waals surface area (Å²) in [5.41, 5.74) is 2.99. The van der Waals surface area contributed by atoms with Crippen molar-refractivity contribution in [1.29, 1.82) is 0 Å². The Labute approximate surface area is 82.6 Å². The molecular formula is C8H11F6N. The van der Waals surface area contributed by atoms with E-state index >= 15 is 0 Å². The molecule has 1 unspecified atom stereocenters. The van der Waals surface area contributed by atoms with Gasteiger partial charge in [-0.15, -0.1) is 0 Å². The third-order valence-electron chi connectivity index (χ3n) is 2.70. The monoisotopic (exact) mass is 235 g/mol. The van der Waals surface area contributed by atoms with Gasteiger partial charge in [0.2, 0.25) is 12.1 Å². The van der Waals surface area contributed by atoms with Gasteiger partial charge in [-0.1, -0.05) is 0 Å². The van der Waals surface area contributed by atoms with Crippen LogP contribution in [0.25, 0.3) is 0 Å². The summed E-state index contributed by atoms with van der Waals surface area (Å²) in [6.07, 6.45) is -11.2. The molecule has 15 heavy (non-hydrogen) atoms. The Bertz CT molecular complexity index is 226. The van der Waals surface area contributed by atoms with Gasteiger partial charge in [0.05, 0.1) is 5.54 Å². The van der Waals surface area contributed by atoms with Gasteiger partial charge in [-0.3, -0.25) is 0 Å². The number of halogens is 6. The van der Waals surface area contributed by atoms with E-state index in [0.29, 0.717) is 0 Å². The van der Waals surface area contributed by atoms with Crippen molar-refractivity contribution >= 4 is 0 Å². The Morgan fingerprint density at radius 1 is 1.00 bits per heavy atom. The first-order valence-electron chi connectivity index (χ1n) is 4.44. The Morgan fingerprint density at radius 2 is 1.40 bits per heavy atom. The van der Waals surface area contributed by atoms with Crippen molar-refractivity contribution in [3.63, 3.8) is 0 Å². The molecule has 0 radical (unpaired) electrons. The quantitative estimate of drug-likeness (QED) is 0.695. The predicted molar refractivity (Wildman–Crippen MR) is 41.3 cm³/mol. The molecule has 2 N–H and O–H groups in total. The fraction of sp³-hybridized carbons (Fsp3) is 1.00. The van der Waals surface area contributed by atoms with Gasteiger partial charge in [0.1, 0.15) is 0 Å². The van der Waals surface area contributed by atoms with Gasteiger partial charge in [-0.25, -0.2) is 13.2 Å². The lowest BCUT2D eigenvalue weighted by molar-refractivity contribution is -0.207. The first-order valence-corrected chi connectivity index (χ1v) is 4.44. The van der Waals surface area contributed by atoms with Crippen molar-refractivity contribution < 1.29 is 26.3 Å². The summed E-state index contributed by atoms with van der Waals surface area (Å²) in [7, 11) is 0. The molecule has 1 aliphatic carbocycles. The lowest BCUT2D eigenvalue weighted by atomic mass is 9.77. The van der Waals surface area contributed by atoms with Gasteiger partial charge in [-0.05, 0) is 12.8 Å². The van der Waals surface area contributed by atoms with Crippen molar-refractivity contribution in [2.24, 2.45) is 5.73 Å². The molecule has 1 fully saturated rings. The molecule has 7 heteroatoms. The molecule has 90 valence electrons. The first kappa shape index (κ1) is 12.6. The van der Waals surface area contributed by atoms with Gasteiger partial charge in [-0.2, -0.15) is 13.2 Å². The van der Waals surface area contributed by atoms with E-state index in [0.717, 1.165) is 0 Å². The van der Waals surface area contributed by atoms with Crippen LogP contribution in [0.4, 0.5) is 26.3 Å². The summed E-state index contributed by atoms with van der Waals surface area (Å²) in [6.45, 7) is 0. The second kappa shape index (κ2) is 3.54. The van der Waals surface area contributed by atoms with Crippen LogP contribution in [0.5, 0.6) is 0 Å². The van der Waals surface area contributed by atoms with Gasteiger partial charge < -0.3 is 5.73 Å². The molecule has 1 atom stereocenters. The molecule has 0 amide bonds. The number of hydrogen-bond donors (Lipinski definition) is 1. The van der Waals surface area contributed by atoms with Crippen molar-refractivity contribution in [1.82, 2.24) is 0 Å². The fourth-order valence-corrected chi connectivity index (χ4v) is 1.66. The molecule has 0 spiro atoms. The molecule has 0 saturated heterocycles. The molecule has 0 aromatic heterocycles. The Balaban J connectivity index is 2.71. The smallest absolute Gasteiger partial charge is 0.322 e. The lowest BCUT2D eigenvalue weighted by Gasteiger charge is -2.39. The van der Waals surface area contributed by atoms with Crippen LogP contribution in [0.3, 0.4) is 0 Å². The van der Waals surface area contributed by atoms with E-state index < -0.39 is 49.5 Å². The van der Waals surface area contributed by atoms with Gasteiger partial charge in [0.15, 0.2) is 0 Å². The predicted octanol–water partition coefficient (Wildman–Crippen LogP) is 2.79. The summed E-state index contributed by atoms with van der Waals surface area (Å²) in [5, 5.41) is 0. The third kappa shape index (κ3) is 2.76. The molecule has 1 saturated carbocycles. The Hall–Kier alpha value is -0.460. The fourth-order valence-electron chi connectivity index (χ4n) is 1.66. The van der Waals surface area contributed by atoms with E-state index in [4.69, 9.17) is 5.73 Å². The first-order chi connectivity index (χ1) is 6.57. The highest BCUT2D eigenvalue weighted by Gasteiger charge is 2.55. The summed E-state index contributed by atoms with van der Waals surface area (Å²) in [5.74, 6) is -3.02. The van der Waals surface area contributed by atoms with E-state index in [1.165, 1.54) is 0 Å². The largest absolute Gasteiger partial charge is 0.421 e. The highest BCUT2D eigenvalue weighted by molar-refractivity contribution is 5.00. The van der Waals surface area contributed by atoms with Crippen LogP contribution in [0.15, 0.2) is 0 Å². The van der Waals surface area contributed by atoms with Crippen molar-refractivity contribution in [3.8, 4) is 0 Å². The molecule has 0 aromatic rings. The summed E-state index contributed by atoms with van der Waals surface area (Å²) < 4.78 is 74.3. The third-order valence-corrected chi connectivity index (χ3v) is 2.70.